The average Bonchev–Trinajstić information content (AvgIpc) is 2.51. The van der Waals surface area contributed by atoms with Crippen LogP contribution in [0, 0.1) is 13.8 Å². The molecule has 0 aromatic heterocycles. The Bertz CT molecular complexity index is 605. The Labute approximate surface area is 145 Å². The lowest BCUT2D eigenvalue weighted by molar-refractivity contribution is -0.130. The summed E-state index contributed by atoms with van der Waals surface area (Å²) in [4.78, 5) is 28.1. The summed E-state index contributed by atoms with van der Waals surface area (Å²) in [7, 11) is 0. The van der Waals surface area contributed by atoms with Gasteiger partial charge in [0.15, 0.2) is 0 Å². The first-order chi connectivity index (χ1) is 11.3. The summed E-state index contributed by atoms with van der Waals surface area (Å²) in [6.07, 6.45) is 1.66. The zero-order valence-corrected chi connectivity index (χ0v) is 15.4. The van der Waals surface area contributed by atoms with Gasteiger partial charge in [-0.15, -0.1) is 0 Å². The Morgan fingerprint density at radius 2 is 1.83 bits per heavy atom. The zero-order valence-electron chi connectivity index (χ0n) is 15.4. The molecule has 0 radical (unpaired) electrons. The van der Waals surface area contributed by atoms with Crippen LogP contribution in [0.2, 0.25) is 0 Å². The molecule has 0 unspecified atom stereocenters. The van der Waals surface area contributed by atoms with Crippen molar-refractivity contribution in [2.24, 2.45) is 0 Å². The van der Waals surface area contributed by atoms with Crippen LogP contribution in [0.5, 0.6) is 0 Å². The van der Waals surface area contributed by atoms with E-state index in [2.05, 4.69) is 5.32 Å². The van der Waals surface area contributed by atoms with Gasteiger partial charge in [0.1, 0.15) is 0 Å². The molecule has 1 saturated heterocycles. The molecule has 132 valence electrons. The molecule has 1 heterocycles. The maximum atomic E-state index is 12.9. The van der Waals surface area contributed by atoms with Crippen LogP contribution in [-0.4, -0.2) is 46.9 Å². The highest BCUT2D eigenvalue weighted by molar-refractivity contribution is 5.90. The van der Waals surface area contributed by atoms with Crippen LogP contribution in [0.25, 0.3) is 0 Å². The summed E-state index contributed by atoms with van der Waals surface area (Å²) in [6.45, 7) is 11.2. The Hall–Kier alpha value is -2.04. The molecule has 1 aromatic rings. The van der Waals surface area contributed by atoms with Gasteiger partial charge in [0, 0.05) is 37.8 Å². The molecule has 1 aromatic carbocycles. The standard InChI is InChI=1S/C19H29N3O2/c1-13(2)22(17-8-10-21(11-9-17)16(5)23)19(24)20-18-12-14(3)6-7-15(18)4/h6-7,12-13,17H,8-11H2,1-5H3,(H,20,24). The average molecular weight is 331 g/mol. The van der Waals surface area contributed by atoms with Gasteiger partial charge >= 0.3 is 6.03 Å². The number of piperidine rings is 1. The third-order valence-corrected chi connectivity index (χ3v) is 4.73. The lowest BCUT2D eigenvalue weighted by atomic mass is 10.0. The molecule has 1 fully saturated rings. The van der Waals surface area contributed by atoms with Crippen LogP contribution < -0.4 is 5.32 Å². The number of amides is 3. The molecule has 5 nitrogen and oxygen atoms in total. The van der Waals surface area contributed by atoms with Crippen LogP contribution in [0.1, 0.15) is 44.7 Å². The van der Waals surface area contributed by atoms with E-state index in [4.69, 9.17) is 0 Å². The second-order valence-electron chi connectivity index (χ2n) is 6.99. The highest BCUT2D eigenvalue weighted by Crippen LogP contribution is 2.22. The van der Waals surface area contributed by atoms with E-state index in [1.54, 1.807) is 6.92 Å². The first-order valence-electron chi connectivity index (χ1n) is 8.71. The molecule has 1 aliphatic heterocycles. The minimum absolute atomic E-state index is 0.0556. The van der Waals surface area contributed by atoms with Crippen molar-refractivity contribution in [1.82, 2.24) is 9.80 Å². The first kappa shape index (κ1) is 18.3. The second-order valence-corrected chi connectivity index (χ2v) is 6.99. The smallest absolute Gasteiger partial charge is 0.322 e. The third-order valence-electron chi connectivity index (χ3n) is 4.73. The van der Waals surface area contributed by atoms with Crippen molar-refractivity contribution in [3.8, 4) is 0 Å². The maximum absolute atomic E-state index is 12.9. The van der Waals surface area contributed by atoms with Crippen LogP contribution in [0.15, 0.2) is 18.2 Å². The number of hydrogen-bond donors (Lipinski definition) is 1. The molecule has 1 N–H and O–H groups in total. The third kappa shape index (κ3) is 4.28. The van der Waals surface area contributed by atoms with Gasteiger partial charge in [-0.05, 0) is 57.7 Å². The van der Waals surface area contributed by atoms with Gasteiger partial charge in [-0.3, -0.25) is 4.79 Å². The molecule has 5 heteroatoms. The molecule has 0 bridgehead atoms. The Morgan fingerprint density at radius 3 is 2.38 bits per heavy atom. The highest BCUT2D eigenvalue weighted by atomic mass is 16.2. The van der Waals surface area contributed by atoms with Crippen LogP contribution >= 0.6 is 0 Å². The van der Waals surface area contributed by atoms with Gasteiger partial charge in [-0.2, -0.15) is 0 Å². The van der Waals surface area contributed by atoms with E-state index in [1.165, 1.54) is 0 Å². The van der Waals surface area contributed by atoms with Crippen LogP contribution in [0.3, 0.4) is 0 Å². The largest absolute Gasteiger partial charge is 0.343 e. The number of urea groups is 1. The lowest BCUT2D eigenvalue weighted by Crippen LogP contribution is -2.52. The van der Waals surface area contributed by atoms with E-state index in [-0.39, 0.29) is 24.0 Å². The van der Waals surface area contributed by atoms with Gasteiger partial charge in [0.05, 0.1) is 0 Å². The Kier molecular flexibility index (Phi) is 5.86. The molecule has 0 aliphatic carbocycles. The number of hydrogen-bond acceptors (Lipinski definition) is 2. The zero-order chi connectivity index (χ0) is 17.9. The SMILES string of the molecule is CC(=O)N1CCC(N(C(=O)Nc2cc(C)ccc2C)C(C)C)CC1. The lowest BCUT2D eigenvalue weighted by Gasteiger charge is -2.40. The number of aryl methyl sites for hydroxylation is 2. The number of rotatable bonds is 3. The van der Waals surface area contributed by atoms with E-state index < -0.39 is 0 Å². The number of nitrogens with zero attached hydrogens (tertiary/aromatic N) is 2. The van der Waals surface area contributed by atoms with Crippen LogP contribution in [0.4, 0.5) is 10.5 Å². The summed E-state index contributed by atoms with van der Waals surface area (Å²) in [5.41, 5.74) is 3.05. The summed E-state index contributed by atoms with van der Waals surface area (Å²) < 4.78 is 0. The molecule has 2 rings (SSSR count). The summed E-state index contributed by atoms with van der Waals surface area (Å²) in [5, 5.41) is 3.07. The highest BCUT2D eigenvalue weighted by Gasteiger charge is 2.30. The topological polar surface area (TPSA) is 52.7 Å². The molecule has 0 atom stereocenters. The van der Waals surface area contributed by atoms with Gasteiger partial charge in [-0.25, -0.2) is 4.79 Å². The maximum Gasteiger partial charge on any atom is 0.322 e. The fourth-order valence-electron chi connectivity index (χ4n) is 3.33. The summed E-state index contributed by atoms with van der Waals surface area (Å²) in [6, 6.07) is 6.30. The Balaban J connectivity index is 2.09. The van der Waals surface area contributed by atoms with Crippen molar-refractivity contribution >= 4 is 17.6 Å². The predicted molar refractivity (Wildman–Crippen MR) is 97.2 cm³/mol. The number of carbonyl (C=O) groups excluding carboxylic acids is 2. The minimum Gasteiger partial charge on any atom is -0.343 e. The fraction of sp³-hybridized carbons (Fsp3) is 0.579. The fourth-order valence-corrected chi connectivity index (χ4v) is 3.33. The van der Waals surface area contributed by atoms with Crippen molar-refractivity contribution in [1.29, 1.82) is 0 Å². The van der Waals surface area contributed by atoms with Crippen molar-refractivity contribution < 1.29 is 9.59 Å². The molecule has 3 amide bonds. The van der Waals surface area contributed by atoms with E-state index in [9.17, 15) is 9.59 Å². The van der Waals surface area contributed by atoms with E-state index >= 15 is 0 Å². The predicted octanol–water partition coefficient (Wildman–Crippen LogP) is 3.56. The molecular weight excluding hydrogens is 302 g/mol. The normalized spacial score (nSPS) is 15.5. The number of anilines is 1. The number of carbonyl (C=O) groups is 2. The number of benzene rings is 1. The van der Waals surface area contributed by atoms with E-state index in [1.807, 2.05) is 55.7 Å². The van der Waals surface area contributed by atoms with Crippen molar-refractivity contribution in [2.45, 2.75) is 59.5 Å². The summed E-state index contributed by atoms with van der Waals surface area (Å²) in [5.74, 6) is 0.115. The first-order valence-corrected chi connectivity index (χ1v) is 8.71. The molecule has 1 aliphatic rings. The minimum atomic E-state index is -0.0556. The molecule has 0 saturated carbocycles. The van der Waals surface area contributed by atoms with Gasteiger partial charge < -0.3 is 15.1 Å². The molecule has 0 spiro atoms. The van der Waals surface area contributed by atoms with Crippen molar-refractivity contribution in [3.63, 3.8) is 0 Å². The quantitative estimate of drug-likeness (QED) is 0.921. The monoisotopic (exact) mass is 331 g/mol. The summed E-state index contributed by atoms with van der Waals surface area (Å²) >= 11 is 0. The Morgan fingerprint density at radius 1 is 1.21 bits per heavy atom. The van der Waals surface area contributed by atoms with Gasteiger partial charge in [0.25, 0.3) is 0 Å². The number of nitrogens with one attached hydrogen (secondary N) is 1. The van der Waals surface area contributed by atoms with Crippen molar-refractivity contribution in [3.05, 3.63) is 29.3 Å². The van der Waals surface area contributed by atoms with Gasteiger partial charge in [0.2, 0.25) is 5.91 Å². The van der Waals surface area contributed by atoms with E-state index in [0.717, 1.165) is 42.7 Å². The van der Waals surface area contributed by atoms with Crippen LogP contribution in [-0.2, 0) is 4.79 Å². The van der Waals surface area contributed by atoms with E-state index in [0.29, 0.717) is 0 Å². The van der Waals surface area contributed by atoms with Crippen molar-refractivity contribution in [2.75, 3.05) is 18.4 Å². The molecular formula is C19H29N3O2. The van der Waals surface area contributed by atoms with Gasteiger partial charge in [-0.1, -0.05) is 12.1 Å². The second kappa shape index (κ2) is 7.69. The molecule has 24 heavy (non-hydrogen) atoms. The number of likely N-dealkylation sites (tertiary alicyclic amines) is 1.